The van der Waals surface area contributed by atoms with Crippen molar-refractivity contribution >= 4 is 14.0 Å². The average Bonchev–Trinajstić information content (AvgIpc) is 2.27. The first-order chi connectivity index (χ1) is 8.17. The van der Waals surface area contributed by atoms with E-state index >= 15 is 0 Å². The second-order valence-corrected chi connectivity index (χ2v) is 10.8. The third-order valence-corrected chi connectivity index (χ3v) is 7.96. The maximum absolute atomic E-state index is 8.71. The van der Waals surface area contributed by atoms with E-state index in [2.05, 4.69) is 39.0 Å². The summed E-state index contributed by atoms with van der Waals surface area (Å²) in [4.78, 5) is 0. The first-order valence-electron chi connectivity index (χ1n) is 6.15. The number of oxime groups is 1. The molecule has 0 spiro atoms. The molecule has 0 fully saturated rings. The van der Waals surface area contributed by atoms with Gasteiger partial charge in [0.05, 0.1) is 5.71 Å². The largest absolute Gasteiger partial charge is 0.544 e. The Morgan fingerprint density at radius 1 is 1.17 bits per heavy atom. The molecular weight excluding hydrogens is 242 g/mol. The van der Waals surface area contributed by atoms with Gasteiger partial charge >= 0.3 is 0 Å². The molecule has 0 unspecified atom stereocenters. The number of hydrogen-bond donors (Lipinski definition) is 1. The number of nitrogens with zero attached hydrogens (tertiary/aromatic N) is 1. The van der Waals surface area contributed by atoms with Gasteiger partial charge in [-0.2, -0.15) is 0 Å². The van der Waals surface area contributed by atoms with Crippen LogP contribution in [0.15, 0.2) is 29.4 Å². The summed E-state index contributed by atoms with van der Waals surface area (Å²) >= 11 is 0. The summed E-state index contributed by atoms with van der Waals surface area (Å²) in [6, 6.07) is 7.70. The van der Waals surface area contributed by atoms with Crippen LogP contribution in [0.25, 0.3) is 0 Å². The van der Waals surface area contributed by atoms with Crippen LogP contribution >= 0.6 is 0 Å². The van der Waals surface area contributed by atoms with Crippen molar-refractivity contribution in [3.05, 3.63) is 29.8 Å². The van der Waals surface area contributed by atoms with Crippen molar-refractivity contribution in [2.45, 2.75) is 45.8 Å². The van der Waals surface area contributed by atoms with Crippen molar-refractivity contribution in [1.82, 2.24) is 0 Å². The second-order valence-electron chi connectivity index (χ2n) is 6.07. The van der Waals surface area contributed by atoms with Crippen LogP contribution < -0.4 is 4.43 Å². The standard InChI is InChI=1S/C14H23NO2Si/c1-11(15-16)12-7-9-13(10-8-12)17-18(5,6)14(2,3)4/h7-10,16H,1-6H3. The zero-order valence-electron chi connectivity index (χ0n) is 12.1. The van der Waals surface area contributed by atoms with Crippen LogP contribution in [0, 0.1) is 0 Å². The molecule has 1 aromatic carbocycles. The van der Waals surface area contributed by atoms with E-state index in [1.165, 1.54) is 0 Å². The number of hydrogen-bond acceptors (Lipinski definition) is 3. The van der Waals surface area contributed by atoms with Crippen LogP contribution in [-0.4, -0.2) is 19.2 Å². The fourth-order valence-electron chi connectivity index (χ4n) is 1.27. The van der Waals surface area contributed by atoms with Crippen LogP contribution in [0.1, 0.15) is 33.3 Å². The highest BCUT2D eigenvalue weighted by molar-refractivity contribution is 6.74. The molecule has 1 rings (SSSR count). The monoisotopic (exact) mass is 265 g/mol. The lowest BCUT2D eigenvalue weighted by molar-refractivity contribution is 0.319. The molecule has 0 aliphatic rings. The van der Waals surface area contributed by atoms with Gasteiger partial charge in [0.2, 0.25) is 8.32 Å². The predicted octanol–water partition coefficient (Wildman–Crippen LogP) is 4.27. The molecule has 18 heavy (non-hydrogen) atoms. The Kier molecular flexibility index (Phi) is 4.22. The molecule has 0 saturated heterocycles. The zero-order valence-corrected chi connectivity index (χ0v) is 13.1. The summed E-state index contributed by atoms with van der Waals surface area (Å²) < 4.78 is 6.17. The molecule has 0 aromatic heterocycles. The molecule has 0 atom stereocenters. The van der Waals surface area contributed by atoms with Gasteiger partial charge in [0.25, 0.3) is 0 Å². The van der Waals surface area contributed by atoms with Crippen LogP contribution in [0.2, 0.25) is 18.1 Å². The third-order valence-electron chi connectivity index (χ3n) is 3.60. The summed E-state index contributed by atoms with van der Waals surface area (Å²) in [5, 5.41) is 12.1. The first kappa shape index (κ1) is 14.8. The lowest BCUT2D eigenvalue weighted by atomic mass is 10.1. The highest BCUT2D eigenvalue weighted by Crippen LogP contribution is 2.37. The molecular formula is C14H23NO2Si. The van der Waals surface area contributed by atoms with E-state index in [-0.39, 0.29) is 5.04 Å². The van der Waals surface area contributed by atoms with Gasteiger partial charge in [0.1, 0.15) is 5.75 Å². The topological polar surface area (TPSA) is 41.8 Å². The first-order valence-corrected chi connectivity index (χ1v) is 9.06. The van der Waals surface area contributed by atoms with Gasteiger partial charge in [-0.1, -0.05) is 25.9 Å². The second kappa shape index (κ2) is 5.14. The minimum absolute atomic E-state index is 0.189. The van der Waals surface area contributed by atoms with Gasteiger partial charge in [-0.25, -0.2) is 0 Å². The Balaban J connectivity index is 2.88. The van der Waals surface area contributed by atoms with Crippen LogP contribution in [0.4, 0.5) is 0 Å². The maximum atomic E-state index is 8.71. The highest BCUT2D eigenvalue weighted by Gasteiger charge is 2.38. The quantitative estimate of drug-likeness (QED) is 0.384. The van der Waals surface area contributed by atoms with Crippen LogP contribution in [-0.2, 0) is 0 Å². The summed E-state index contributed by atoms with van der Waals surface area (Å²) in [6.45, 7) is 12.9. The molecule has 4 heteroatoms. The van der Waals surface area contributed by atoms with E-state index in [0.717, 1.165) is 11.3 Å². The summed E-state index contributed by atoms with van der Waals surface area (Å²) in [7, 11) is -1.78. The summed E-state index contributed by atoms with van der Waals surface area (Å²) in [6.07, 6.45) is 0. The Labute approximate surface area is 111 Å². The SMILES string of the molecule is CC(=NO)c1ccc(O[Si](C)(C)C(C)(C)C)cc1. The molecule has 0 saturated carbocycles. The smallest absolute Gasteiger partial charge is 0.250 e. The number of rotatable bonds is 3. The zero-order chi connectivity index (χ0) is 14.0. The summed E-state index contributed by atoms with van der Waals surface area (Å²) in [5.74, 6) is 0.885. The maximum Gasteiger partial charge on any atom is 0.250 e. The molecule has 0 amide bonds. The van der Waals surface area contributed by atoms with Gasteiger partial charge in [-0.05, 0) is 54.9 Å². The Hall–Kier alpha value is -1.29. The van der Waals surface area contributed by atoms with Crippen LogP contribution in [0.3, 0.4) is 0 Å². The van der Waals surface area contributed by atoms with Crippen molar-refractivity contribution in [3.8, 4) is 5.75 Å². The fourth-order valence-corrected chi connectivity index (χ4v) is 2.30. The van der Waals surface area contributed by atoms with Gasteiger partial charge in [0.15, 0.2) is 0 Å². The lowest BCUT2D eigenvalue weighted by Gasteiger charge is -2.36. The minimum Gasteiger partial charge on any atom is -0.544 e. The normalized spacial score (nSPS) is 13.6. The van der Waals surface area contributed by atoms with Crippen molar-refractivity contribution in [1.29, 1.82) is 0 Å². The van der Waals surface area contributed by atoms with Crippen molar-refractivity contribution < 1.29 is 9.63 Å². The molecule has 0 bridgehead atoms. The van der Waals surface area contributed by atoms with Crippen molar-refractivity contribution in [3.63, 3.8) is 0 Å². The molecule has 3 nitrogen and oxygen atoms in total. The molecule has 0 radical (unpaired) electrons. The summed E-state index contributed by atoms with van der Waals surface area (Å²) in [5.41, 5.74) is 1.51. The van der Waals surface area contributed by atoms with Crippen LogP contribution in [0.5, 0.6) is 5.75 Å². The molecule has 100 valence electrons. The Morgan fingerprint density at radius 3 is 2.06 bits per heavy atom. The van der Waals surface area contributed by atoms with E-state index < -0.39 is 8.32 Å². The minimum atomic E-state index is -1.78. The van der Waals surface area contributed by atoms with E-state index in [0.29, 0.717) is 5.71 Å². The lowest BCUT2D eigenvalue weighted by Crippen LogP contribution is -2.43. The average molecular weight is 265 g/mol. The Morgan fingerprint density at radius 2 is 1.67 bits per heavy atom. The van der Waals surface area contributed by atoms with Gasteiger partial charge in [0, 0.05) is 0 Å². The number of benzene rings is 1. The third kappa shape index (κ3) is 3.35. The van der Waals surface area contributed by atoms with E-state index in [1.807, 2.05) is 24.3 Å². The van der Waals surface area contributed by atoms with E-state index in [1.54, 1.807) is 6.92 Å². The predicted molar refractivity (Wildman–Crippen MR) is 78.3 cm³/mol. The molecule has 1 aromatic rings. The van der Waals surface area contributed by atoms with E-state index in [4.69, 9.17) is 9.63 Å². The Bertz CT molecular complexity index is 430. The van der Waals surface area contributed by atoms with Gasteiger partial charge < -0.3 is 9.63 Å². The molecule has 0 aliphatic carbocycles. The van der Waals surface area contributed by atoms with E-state index in [9.17, 15) is 0 Å². The molecule has 0 aliphatic heterocycles. The highest BCUT2D eigenvalue weighted by atomic mass is 28.4. The van der Waals surface area contributed by atoms with Gasteiger partial charge in [-0.3, -0.25) is 0 Å². The van der Waals surface area contributed by atoms with Gasteiger partial charge in [-0.15, -0.1) is 0 Å². The van der Waals surface area contributed by atoms with Crippen molar-refractivity contribution in [2.24, 2.45) is 5.16 Å². The molecule has 1 N–H and O–H groups in total. The van der Waals surface area contributed by atoms with Crippen molar-refractivity contribution in [2.75, 3.05) is 0 Å². The molecule has 0 heterocycles. The fraction of sp³-hybridized carbons (Fsp3) is 0.500.